The third-order valence-electron chi connectivity index (χ3n) is 4.28. The van der Waals surface area contributed by atoms with E-state index in [0.29, 0.717) is 36.0 Å². The molecular formula is C22H16N2O3. The van der Waals surface area contributed by atoms with Gasteiger partial charge in [0.15, 0.2) is 11.5 Å². The van der Waals surface area contributed by atoms with Gasteiger partial charge < -0.3 is 14.8 Å². The van der Waals surface area contributed by atoms with Gasteiger partial charge in [-0.1, -0.05) is 42.5 Å². The maximum atomic E-state index is 12.6. The lowest BCUT2D eigenvalue weighted by molar-refractivity contribution is -0.112. The monoisotopic (exact) mass is 356 g/mol. The molecule has 0 bridgehead atoms. The van der Waals surface area contributed by atoms with Crippen LogP contribution < -0.4 is 14.8 Å². The summed E-state index contributed by atoms with van der Waals surface area (Å²) in [5.41, 5.74) is 1.38. The third kappa shape index (κ3) is 3.46. The van der Waals surface area contributed by atoms with Gasteiger partial charge in [-0.05, 0) is 35.2 Å². The first-order valence-electron chi connectivity index (χ1n) is 8.55. The molecule has 5 heteroatoms. The number of carbonyl (C=O) groups is 1. The highest BCUT2D eigenvalue weighted by molar-refractivity contribution is 6.12. The molecule has 0 atom stereocenters. The van der Waals surface area contributed by atoms with Crippen LogP contribution in [0.4, 0.5) is 5.69 Å². The van der Waals surface area contributed by atoms with E-state index in [9.17, 15) is 10.1 Å². The Kier molecular flexibility index (Phi) is 4.46. The van der Waals surface area contributed by atoms with Gasteiger partial charge in [0.05, 0.1) is 0 Å². The molecule has 5 nitrogen and oxygen atoms in total. The van der Waals surface area contributed by atoms with E-state index in [4.69, 9.17) is 9.47 Å². The molecule has 4 rings (SSSR count). The summed E-state index contributed by atoms with van der Waals surface area (Å²) in [6.45, 7) is 0.992. The quantitative estimate of drug-likeness (QED) is 0.565. The van der Waals surface area contributed by atoms with Crippen molar-refractivity contribution >= 4 is 28.4 Å². The van der Waals surface area contributed by atoms with Crippen LogP contribution in [-0.4, -0.2) is 19.1 Å². The molecule has 0 aliphatic carbocycles. The summed E-state index contributed by atoms with van der Waals surface area (Å²) in [7, 11) is 0. The fourth-order valence-electron chi connectivity index (χ4n) is 2.99. The molecule has 3 aromatic rings. The van der Waals surface area contributed by atoms with Gasteiger partial charge in [0.2, 0.25) is 0 Å². The molecule has 1 heterocycles. The summed E-state index contributed by atoms with van der Waals surface area (Å²) in [5.74, 6) is 0.822. The van der Waals surface area contributed by atoms with Crippen molar-refractivity contribution < 1.29 is 14.3 Å². The number of nitriles is 1. The standard InChI is InChI=1S/C22H16N2O3/c23-14-17(12-15-8-9-20-21(13-15)27-11-10-26-20)22(25)24-19-7-3-5-16-4-1-2-6-18(16)19/h1-9,12-13H,10-11H2,(H,24,25)/b17-12+. The first-order valence-corrected chi connectivity index (χ1v) is 8.55. The van der Waals surface area contributed by atoms with Gasteiger partial charge in [-0.2, -0.15) is 5.26 Å². The number of hydrogen-bond donors (Lipinski definition) is 1. The molecule has 1 N–H and O–H groups in total. The van der Waals surface area contributed by atoms with Crippen molar-refractivity contribution in [1.82, 2.24) is 0 Å². The average molecular weight is 356 g/mol. The summed E-state index contributed by atoms with van der Waals surface area (Å²) in [5, 5.41) is 14.2. The Labute approximate surface area is 156 Å². The normalized spacial score (nSPS) is 13.1. The Hall–Kier alpha value is -3.78. The van der Waals surface area contributed by atoms with Crippen LogP contribution in [0.15, 0.2) is 66.2 Å². The van der Waals surface area contributed by atoms with E-state index >= 15 is 0 Å². The molecule has 1 amide bonds. The van der Waals surface area contributed by atoms with E-state index in [1.54, 1.807) is 24.3 Å². The van der Waals surface area contributed by atoms with E-state index in [0.717, 1.165) is 10.8 Å². The van der Waals surface area contributed by atoms with Crippen LogP contribution in [0.1, 0.15) is 5.56 Å². The Morgan fingerprint density at radius 3 is 2.63 bits per heavy atom. The van der Waals surface area contributed by atoms with Crippen molar-refractivity contribution in [2.45, 2.75) is 0 Å². The van der Waals surface area contributed by atoms with Crippen molar-refractivity contribution in [2.75, 3.05) is 18.5 Å². The lowest BCUT2D eigenvalue weighted by Gasteiger charge is -2.18. The first kappa shape index (κ1) is 16.7. The highest BCUT2D eigenvalue weighted by Gasteiger charge is 2.14. The predicted octanol–water partition coefficient (Wildman–Crippen LogP) is 4.16. The number of amides is 1. The van der Waals surface area contributed by atoms with Gasteiger partial charge in [0.1, 0.15) is 24.9 Å². The van der Waals surface area contributed by atoms with Gasteiger partial charge in [-0.3, -0.25) is 4.79 Å². The number of hydrogen-bond acceptors (Lipinski definition) is 4. The Balaban J connectivity index is 1.61. The number of benzene rings is 3. The lowest BCUT2D eigenvalue weighted by Crippen LogP contribution is -2.15. The number of fused-ring (bicyclic) bond motifs is 2. The van der Waals surface area contributed by atoms with Crippen molar-refractivity contribution in [2.24, 2.45) is 0 Å². The van der Waals surface area contributed by atoms with Crippen LogP contribution in [0.5, 0.6) is 11.5 Å². The van der Waals surface area contributed by atoms with E-state index in [1.165, 1.54) is 0 Å². The highest BCUT2D eigenvalue weighted by atomic mass is 16.6. The molecule has 3 aromatic carbocycles. The van der Waals surface area contributed by atoms with Gasteiger partial charge in [0.25, 0.3) is 5.91 Å². The number of carbonyl (C=O) groups excluding carboxylic acids is 1. The Morgan fingerprint density at radius 1 is 1.00 bits per heavy atom. The lowest BCUT2D eigenvalue weighted by atomic mass is 10.1. The van der Waals surface area contributed by atoms with E-state index < -0.39 is 5.91 Å². The van der Waals surface area contributed by atoms with E-state index in [2.05, 4.69) is 5.32 Å². The number of nitrogens with one attached hydrogen (secondary N) is 1. The van der Waals surface area contributed by atoms with Gasteiger partial charge in [-0.25, -0.2) is 0 Å². The Bertz CT molecular complexity index is 1090. The second-order valence-corrected chi connectivity index (χ2v) is 6.05. The summed E-state index contributed by atoms with van der Waals surface area (Å²) < 4.78 is 11.0. The molecule has 0 saturated heterocycles. The molecule has 132 valence electrons. The average Bonchev–Trinajstić information content (AvgIpc) is 2.72. The zero-order valence-corrected chi connectivity index (χ0v) is 14.4. The van der Waals surface area contributed by atoms with Crippen molar-refractivity contribution in [3.05, 3.63) is 71.8 Å². The smallest absolute Gasteiger partial charge is 0.266 e. The summed E-state index contributed by atoms with van der Waals surface area (Å²) in [6, 6.07) is 20.7. The molecule has 27 heavy (non-hydrogen) atoms. The number of ether oxygens (including phenoxy) is 2. The molecule has 0 saturated carbocycles. The van der Waals surface area contributed by atoms with Crippen molar-refractivity contribution in [3.8, 4) is 17.6 Å². The molecule has 1 aliphatic heterocycles. The van der Waals surface area contributed by atoms with Crippen LogP contribution >= 0.6 is 0 Å². The van der Waals surface area contributed by atoms with Gasteiger partial charge >= 0.3 is 0 Å². The minimum absolute atomic E-state index is 0.0135. The first-order chi connectivity index (χ1) is 13.2. The molecule has 0 unspecified atom stereocenters. The molecule has 0 fully saturated rings. The zero-order chi connectivity index (χ0) is 18.6. The van der Waals surface area contributed by atoms with Crippen LogP contribution in [0.2, 0.25) is 0 Å². The van der Waals surface area contributed by atoms with Crippen LogP contribution in [0.3, 0.4) is 0 Å². The fraction of sp³-hybridized carbons (Fsp3) is 0.0909. The maximum Gasteiger partial charge on any atom is 0.266 e. The van der Waals surface area contributed by atoms with Crippen LogP contribution in [-0.2, 0) is 4.79 Å². The van der Waals surface area contributed by atoms with Crippen LogP contribution in [0.25, 0.3) is 16.8 Å². The number of rotatable bonds is 3. The summed E-state index contributed by atoms with van der Waals surface area (Å²) in [6.07, 6.45) is 1.54. The van der Waals surface area contributed by atoms with Crippen molar-refractivity contribution in [1.29, 1.82) is 5.26 Å². The van der Waals surface area contributed by atoms with E-state index in [1.807, 2.05) is 48.5 Å². The highest BCUT2D eigenvalue weighted by Crippen LogP contribution is 2.31. The molecule has 0 spiro atoms. The molecule has 1 aliphatic rings. The minimum atomic E-state index is -0.455. The minimum Gasteiger partial charge on any atom is -0.486 e. The third-order valence-corrected chi connectivity index (χ3v) is 4.28. The largest absolute Gasteiger partial charge is 0.486 e. The topological polar surface area (TPSA) is 71.3 Å². The number of anilines is 1. The molecular weight excluding hydrogens is 340 g/mol. The van der Waals surface area contributed by atoms with Gasteiger partial charge in [0, 0.05) is 11.1 Å². The maximum absolute atomic E-state index is 12.6. The predicted molar refractivity (Wildman–Crippen MR) is 104 cm³/mol. The fourth-order valence-corrected chi connectivity index (χ4v) is 2.99. The second kappa shape index (κ2) is 7.22. The van der Waals surface area contributed by atoms with Gasteiger partial charge in [-0.15, -0.1) is 0 Å². The van der Waals surface area contributed by atoms with Crippen LogP contribution in [0, 0.1) is 11.3 Å². The number of nitrogens with zero attached hydrogens (tertiary/aromatic N) is 1. The van der Waals surface area contributed by atoms with E-state index in [-0.39, 0.29) is 5.57 Å². The molecule has 0 radical (unpaired) electrons. The molecule has 0 aromatic heterocycles. The SMILES string of the molecule is N#C/C(=C\c1ccc2c(c1)OCCO2)C(=O)Nc1cccc2ccccc12. The second-order valence-electron chi connectivity index (χ2n) is 6.05. The van der Waals surface area contributed by atoms with Crippen molar-refractivity contribution in [3.63, 3.8) is 0 Å². The summed E-state index contributed by atoms with van der Waals surface area (Å²) in [4.78, 5) is 12.6. The Morgan fingerprint density at radius 2 is 1.78 bits per heavy atom. The summed E-state index contributed by atoms with van der Waals surface area (Å²) >= 11 is 0. The zero-order valence-electron chi connectivity index (χ0n) is 14.4.